The first-order chi connectivity index (χ1) is 11.0. The Morgan fingerprint density at radius 2 is 1.09 bits per heavy atom. The predicted molar refractivity (Wildman–Crippen MR) is 98.6 cm³/mol. The fraction of sp³-hybridized carbons (Fsp3) is 0.143. The molecule has 3 rings (SSSR count). The second kappa shape index (κ2) is 8.40. The summed E-state index contributed by atoms with van der Waals surface area (Å²) in [4.78, 5) is 0. The molecule has 0 atom stereocenters. The molecule has 0 N–H and O–H groups in total. The number of aryl methyl sites for hydroxylation is 3. The van der Waals surface area contributed by atoms with Crippen LogP contribution < -0.4 is 4.74 Å². The van der Waals surface area contributed by atoms with Crippen molar-refractivity contribution in [1.82, 2.24) is 0 Å². The molecule has 0 aromatic heterocycles. The number of ether oxygens (including phenoxy) is 1. The minimum atomic E-state index is 0.681. The van der Waals surface area contributed by atoms with Crippen molar-refractivity contribution in [1.29, 1.82) is 0 Å². The van der Waals surface area contributed by atoms with Gasteiger partial charge in [0.1, 0.15) is 11.5 Å². The summed E-state index contributed by atoms with van der Waals surface area (Å²) < 4.78 is 5.66. The molecular weight excluding hydrogens is 304 g/mol. The summed E-state index contributed by atoms with van der Waals surface area (Å²) in [6.45, 7) is 6.24. The SMILES string of the molecule is Cc1cccc(C)c1.Cc1cccc(Oc2cccc(Cl)c2)c1. The van der Waals surface area contributed by atoms with Crippen LogP contribution in [0.15, 0.2) is 72.8 Å². The van der Waals surface area contributed by atoms with Gasteiger partial charge in [-0.05, 0) is 56.7 Å². The van der Waals surface area contributed by atoms with Gasteiger partial charge in [0, 0.05) is 5.02 Å². The third-order valence-corrected chi connectivity index (χ3v) is 3.43. The van der Waals surface area contributed by atoms with Crippen molar-refractivity contribution < 1.29 is 4.74 Å². The van der Waals surface area contributed by atoms with Crippen molar-refractivity contribution in [2.24, 2.45) is 0 Å². The average Bonchev–Trinajstić information content (AvgIpc) is 2.47. The van der Waals surface area contributed by atoms with Crippen LogP contribution in [0.3, 0.4) is 0 Å². The first-order valence-electron chi connectivity index (χ1n) is 7.56. The summed E-state index contributed by atoms with van der Waals surface area (Å²) in [6, 6.07) is 23.7. The predicted octanol–water partition coefficient (Wildman–Crippen LogP) is 6.74. The van der Waals surface area contributed by atoms with Crippen LogP contribution in [-0.4, -0.2) is 0 Å². The van der Waals surface area contributed by atoms with E-state index in [-0.39, 0.29) is 0 Å². The molecule has 118 valence electrons. The van der Waals surface area contributed by atoms with E-state index in [0.29, 0.717) is 5.02 Å². The Morgan fingerprint density at radius 1 is 0.609 bits per heavy atom. The summed E-state index contributed by atoms with van der Waals surface area (Å²) in [5.74, 6) is 1.59. The van der Waals surface area contributed by atoms with Crippen molar-refractivity contribution in [2.75, 3.05) is 0 Å². The van der Waals surface area contributed by atoms with Crippen LogP contribution in [0.1, 0.15) is 16.7 Å². The molecule has 0 aliphatic rings. The topological polar surface area (TPSA) is 9.23 Å². The van der Waals surface area contributed by atoms with Crippen LogP contribution >= 0.6 is 11.6 Å². The molecule has 3 aromatic rings. The Kier molecular flexibility index (Phi) is 6.25. The summed E-state index contributed by atoms with van der Waals surface area (Å²) >= 11 is 5.86. The number of rotatable bonds is 2. The number of hydrogen-bond acceptors (Lipinski definition) is 1. The molecule has 0 saturated carbocycles. The van der Waals surface area contributed by atoms with Crippen LogP contribution in [-0.2, 0) is 0 Å². The monoisotopic (exact) mass is 324 g/mol. The Labute approximate surface area is 143 Å². The smallest absolute Gasteiger partial charge is 0.128 e. The minimum Gasteiger partial charge on any atom is -0.457 e. The maximum Gasteiger partial charge on any atom is 0.128 e. The van der Waals surface area contributed by atoms with Gasteiger partial charge in [0.05, 0.1) is 0 Å². The number of hydrogen-bond donors (Lipinski definition) is 0. The second-order valence-corrected chi connectivity index (χ2v) is 5.97. The quantitative estimate of drug-likeness (QED) is 0.507. The van der Waals surface area contributed by atoms with E-state index in [4.69, 9.17) is 16.3 Å². The van der Waals surface area contributed by atoms with E-state index in [9.17, 15) is 0 Å². The highest BCUT2D eigenvalue weighted by molar-refractivity contribution is 6.30. The van der Waals surface area contributed by atoms with E-state index in [2.05, 4.69) is 38.1 Å². The van der Waals surface area contributed by atoms with E-state index in [1.54, 1.807) is 6.07 Å². The summed E-state index contributed by atoms with van der Waals surface area (Å²) in [7, 11) is 0. The van der Waals surface area contributed by atoms with E-state index >= 15 is 0 Å². The molecule has 0 spiro atoms. The van der Waals surface area contributed by atoms with Crippen LogP contribution in [0.2, 0.25) is 5.02 Å². The number of halogens is 1. The first-order valence-corrected chi connectivity index (χ1v) is 7.94. The highest BCUT2D eigenvalue weighted by Crippen LogP contribution is 2.24. The highest BCUT2D eigenvalue weighted by Gasteiger charge is 1.97. The van der Waals surface area contributed by atoms with Crippen LogP contribution in [0.25, 0.3) is 0 Å². The molecule has 3 aromatic carbocycles. The molecule has 0 aliphatic carbocycles. The maximum absolute atomic E-state index is 5.86. The summed E-state index contributed by atoms with van der Waals surface area (Å²) in [5.41, 5.74) is 3.85. The van der Waals surface area contributed by atoms with Gasteiger partial charge in [0.2, 0.25) is 0 Å². The fourth-order valence-corrected chi connectivity index (χ4v) is 2.33. The summed E-state index contributed by atoms with van der Waals surface area (Å²) in [6.07, 6.45) is 0. The van der Waals surface area contributed by atoms with Crippen molar-refractivity contribution in [2.45, 2.75) is 20.8 Å². The third-order valence-electron chi connectivity index (χ3n) is 3.19. The average molecular weight is 325 g/mol. The van der Waals surface area contributed by atoms with Gasteiger partial charge in [-0.1, -0.05) is 65.2 Å². The van der Waals surface area contributed by atoms with Crippen molar-refractivity contribution in [3.8, 4) is 11.5 Å². The lowest BCUT2D eigenvalue weighted by atomic mass is 10.2. The van der Waals surface area contributed by atoms with Gasteiger partial charge in [-0.25, -0.2) is 0 Å². The Bertz CT molecular complexity index is 704. The van der Waals surface area contributed by atoms with Crippen LogP contribution in [0.5, 0.6) is 11.5 Å². The van der Waals surface area contributed by atoms with E-state index < -0.39 is 0 Å². The second-order valence-electron chi connectivity index (χ2n) is 5.53. The van der Waals surface area contributed by atoms with E-state index in [1.807, 2.05) is 49.4 Å². The number of benzene rings is 3. The Hall–Kier alpha value is -2.25. The lowest BCUT2D eigenvalue weighted by Gasteiger charge is -2.06. The third kappa shape index (κ3) is 6.17. The van der Waals surface area contributed by atoms with Gasteiger partial charge in [-0.3, -0.25) is 0 Å². The molecule has 23 heavy (non-hydrogen) atoms. The molecule has 0 unspecified atom stereocenters. The molecule has 0 amide bonds. The Balaban J connectivity index is 0.000000203. The zero-order valence-electron chi connectivity index (χ0n) is 13.7. The van der Waals surface area contributed by atoms with Gasteiger partial charge < -0.3 is 4.74 Å². The Morgan fingerprint density at radius 3 is 1.57 bits per heavy atom. The van der Waals surface area contributed by atoms with Crippen molar-refractivity contribution in [3.63, 3.8) is 0 Å². The zero-order chi connectivity index (χ0) is 16.7. The van der Waals surface area contributed by atoms with E-state index in [1.165, 1.54) is 16.7 Å². The highest BCUT2D eigenvalue weighted by atomic mass is 35.5. The molecule has 0 aliphatic heterocycles. The molecule has 1 nitrogen and oxygen atoms in total. The lowest BCUT2D eigenvalue weighted by Crippen LogP contribution is -1.84. The first kappa shape index (κ1) is 17.1. The minimum absolute atomic E-state index is 0.681. The standard InChI is InChI=1S/C13H11ClO.C8H10/c1-10-4-2-6-12(8-10)15-13-7-3-5-11(14)9-13;1-7-4-3-5-8(2)6-7/h2-9H,1H3;3-6H,1-2H3. The molecule has 0 saturated heterocycles. The van der Waals surface area contributed by atoms with Crippen LogP contribution in [0, 0.1) is 20.8 Å². The van der Waals surface area contributed by atoms with Gasteiger partial charge in [0.15, 0.2) is 0 Å². The fourth-order valence-electron chi connectivity index (χ4n) is 2.15. The summed E-state index contributed by atoms with van der Waals surface area (Å²) in [5, 5.41) is 0.681. The molecule has 0 heterocycles. The largest absolute Gasteiger partial charge is 0.457 e. The van der Waals surface area contributed by atoms with Gasteiger partial charge in [-0.15, -0.1) is 0 Å². The molecule has 0 radical (unpaired) electrons. The van der Waals surface area contributed by atoms with Crippen molar-refractivity contribution >= 4 is 11.6 Å². The van der Waals surface area contributed by atoms with Gasteiger partial charge >= 0.3 is 0 Å². The maximum atomic E-state index is 5.86. The zero-order valence-corrected chi connectivity index (χ0v) is 14.5. The normalized spacial score (nSPS) is 9.74. The van der Waals surface area contributed by atoms with Crippen molar-refractivity contribution in [3.05, 3.63) is 94.5 Å². The molecular formula is C21H21ClO. The molecule has 0 fully saturated rings. The van der Waals surface area contributed by atoms with Gasteiger partial charge in [-0.2, -0.15) is 0 Å². The lowest BCUT2D eigenvalue weighted by molar-refractivity contribution is 0.482. The van der Waals surface area contributed by atoms with Gasteiger partial charge in [0.25, 0.3) is 0 Å². The molecule has 2 heteroatoms. The molecule has 0 bridgehead atoms. The van der Waals surface area contributed by atoms with Crippen LogP contribution in [0.4, 0.5) is 0 Å². The van der Waals surface area contributed by atoms with E-state index in [0.717, 1.165) is 11.5 Å².